The fourth-order valence-electron chi connectivity index (χ4n) is 1.57. The molecule has 0 saturated heterocycles. The van der Waals surface area contributed by atoms with Crippen LogP contribution in [0.25, 0.3) is 0 Å². The van der Waals surface area contributed by atoms with Gasteiger partial charge in [-0.1, -0.05) is 15.9 Å². The first-order valence-corrected chi connectivity index (χ1v) is 5.38. The van der Waals surface area contributed by atoms with Crippen LogP contribution in [0.1, 0.15) is 24.2 Å². The molecular formula is C11H10BrFO2. The summed E-state index contributed by atoms with van der Waals surface area (Å²) in [4.78, 5) is 11.7. The molecule has 0 fully saturated rings. The van der Waals surface area contributed by atoms with Crippen LogP contribution in [-0.2, 0) is 0 Å². The normalized spacial score (nSPS) is 23.2. The molecule has 1 atom stereocenters. The van der Waals surface area contributed by atoms with Crippen LogP contribution >= 0.6 is 15.9 Å². The highest BCUT2D eigenvalue weighted by Gasteiger charge is 2.43. The lowest BCUT2D eigenvalue weighted by atomic mass is 9.91. The van der Waals surface area contributed by atoms with E-state index in [0.29, 0.717) is 11.3 Å². The predicted molar refractivity (Wildman–Crippen MR) is 58.1 cm³/mol. The van der Waals surface area contributed by atoms with Gasteiger partial charge in [-0.3, -0.25) is 4.79 Å². The Bertz CT molecular complexity index is 429. The van der Waals surface area contributed by atoms with E-state index in [1.165, 1.54) is 0 Å². The molecule has 0 spiro atoms. The predicted octanol–water partition coefficient (Wildman–Crippen LogP) is 3.14. The van der Waals surface area contributed by atoms with Gasteiger partial charge >= 0.3 is 0 Å². The molecule has 2 rings (SSSR count). The maximum absolute atomic E-state index is 13.7. The van der Waals surface area contributed by atoms with Crippen molar-refractivity contribution in [3.63, 3.8) is 0 Å². The van der Waals surface area contributed by atoms with E-state index in [0.717, 1.165) is 4.47 Å². The summed E-state index contributed by atoms with van der Waals surface area (Å²) in [5.74, 6) is -0.0651. The molecule has 1 unspecified atom stereocenters. The summed E-state index contributed by atoms with van der Waals surface area (Å²) in [6.45, 7) is 3.14. The summed E-state index contributed by atoms with van der Waals surface area (Å²) in [7, 11) is 0. The Labute approximate surface area is 95.6 Å². The number of Topliss-reactive ketones (excluding diaryl/α,β-unsaturated/α-hetero) is 1. The van der Waals surface area contributed by atoms with E-state index < -0.39 is 17.6 Å². The molecule has 0 bridgehead atoms. The number of hydrogen-bond donors (Lipinski definition) is 0. The van der Waals surface area contributed by atoms with Gasteiger partial charge in [-0.25, -0.2) is 4.39 Å². The van der Waals surface area contributed by atoms with Crippen LogP contribution in [0, 0.1) is 0 Å². The molecule has 1 aromatic carbocycles. The maximum Gasteiger partial charge on any atom is 0.204 e. The SMILES string of the molecule is CC1(C)Oc2ccc(Br)cc2C(=O)C1F. The van der Waals surface area contributed by atoms with Gasteiger partial charge in [-0.15, -0.1) is 0 Å². The van der Waals surface area contributed by atoms with Crippen LogP contribution < -0.4 is 4.74 Å². The molecule has 0 aromatic heterocycles. The molecule has 0 N–H and O–H groups in total. The lowest BCUT2D eigenvalue weighted by Crippen LogP contribution is -2.47. The summed E-state index contributed by atoms with van der Waals surface area (Å²) < 4.78 is 19.9. The number of rotatable bonds is 0. The van der Waals surface area contributed by atoms with Gasteiger partial charge in [0.2, 0.25) is 12.0 Å². The molecule has 0 amide bonds. The maximum atomic E-state index is 13.7. The third-order valence-corrected chi connectivity index (χ3v) is 2.91. The minimum absolute atomic E-state index is 0.302. The Morgan fingerprint density at radius 1 is 1.47 bits per heavy atom. The third kappa shape index (κ3) is 1.67. The van der Waals surface area contributed by atoms with Crippen molar-refractivity contribution in [2.75, 3.05) is 0 Å². The lowest BCUT2D eigenvalue weighted by molar-refractivity contribution is 0.0111. The number of halogens is 2. The van der Waals surface area contributed by atoms with Crippen molar-refractivity contribution in [2.45, 2.75) is 25.6 Å². The van der Waals surface area contributed by atoms with Crippen molar-refractivity contribution < 1.29 is 13.9 Å². The molecule has 1 aliphatic rings. The van der Waals surface area contributed by atoms with Crippen molar-refractivity contribution in [1.29, 1.82) is 0 Å². The topological polar surface area (TPSA) is 26.3 Å². The molecule has 15 heavy (non-hydrogen) atoms. The highest BCUT2D eigenvalue weighted by Crippen LogP contribution is 2.36. The van der Waals surface area contributed by atoms with Crippen LogP contribution in [-0.4, -0.2) is 17.6 Å². The van der Waals surface area contributed by atoms with Gasteiger partial charge in [-0.2, -0.15) is 0 Å². The van der Waals surface area contributed by atoms with Gasteiger partial charge in [0.15, 0.2) is 0 Å². The van der Waals surface area contributed by atoms with Gasteiger partial charge in [0.25, 0.3) is 0 Å². The Morgan fingerprint density at radius 2 is 2.13 bits per heavy atom. The fraction of sp³-hybridized carbons (Fsp3) is 0.364. The van der Waals surface area contributed by atoms with E-state index in [1.807, 2.05) is 0 Å². The van der Waals surface area contributed by atoms with Crippen LogP contribution in [0.3, 0.4) is 0 Å². The smallest absolute Gasteiger partial charge is 0.204 e. The van der Waals surface area contributed by atoms with Crippen LogP contribution in [0.5, 0.6) is 5.75 Å². The Balaban J connectivity index is 2.55. The van der Waals surface area contributed by atoms with Crippen LogP contribution in [0.15, 0.2) is 22.7 Å². The summed E-state index contributed by atoms with van der Waals surface area (Å²) in [6, 6.07) is 5.02. The number of alkyl halides is 1. The molecule has 0 saturated carbocycles. The van der Waals surface area contributed by atoms with E-state index in [9.17, 15) is 9.18 Å². The lowest BCUT2D eigenvalue weighted by Gasteiger charge is -2.34. The molecule has 1 heterocycles. The second-order valence-corrected chi connectivity index (χ2v) is 4.99. The van der Waals surface area contributed by atoms with Crippen molar-refractivity contribution in [3.8, 4) is 5.75 Å². The third-order valence-electron chi connectivity index (χ3n) is 2.42. The average Bonchev–Trinajstić information content (AvgIpc) is 2.16. The minimum Gasteiger partial charge on any atom is -0.484 e. The van der Waals surface area contributed by atoms with Crippen LogP contribution in [0.4, 0.5) is 4.39 Å². The Kier molecular flexibility index (Phi) is 2.34. The zero-order valence-electron chi connectivity index (χ0n) is 8.38. The highest BCUT2D eigenvalue weighted by atomic mass is 79.9. The number of fused-ring (bicyclic) bond motifs is 1. The van der Waals surface area contributed by atoms with Crippen molar-refractivity contribution >= 4 is 21.7 Å². The summed E-state index contributed by atoms with van der Waals surface area (Å²) in [6.07, 6.45) is -1.61. The molecule has 1 aliphatic heterocycles. The van der Waals surface area contributed by atoms with E-state index in [2.05, 4.69) is 15.9 Å². The average molecular weight is 273 g/mol. The van der Waals surface area contributed by atoms with E-state index in [-0.39, 0.29) is 0 Å². The first-order valence-electron chi connectivity index (χ1n) is 4.58. The quantitative estimate of drug-likeness (QED) is 0.725. The second-order valence-electron chi connectivity index (χ2n) is 4.07. The van der Waals surface area contributed by atoms with E-state index in [1.54, 1.807) is 32.0 Å². The number of ether oxygens (including phenoxy) is 1. The second kappa shape index (κ2) is 3.30. The molecule has 0 aliphatic carbocycles. The molecule has 80 valence electrons. The molecule has 2 nitrogen and oxygen atoms in total. The van der Waals surface area contributed by atoms with Gasteiger partial charge in [0, 0.05) is 4.47 Å². The van der Waals surface area contributed by atoms with E-state index in [4.69, 9.17) is 4.74 Å². The largest absolute Gasteiger partial charge is 0.484 e. The van der Waals surface area contributed by atoms with Gasteiger partial charge in [-0.05, 0) is 32.0 Å². The number of benzene rings is 1. The first kappa shape index (κ1) is 10.6. The zero-order valence-corrected chi connectivity index (χ0v) is 9.97. The van der Waals surface area contributed by atoms with Gasteiger partial charge in [0.05, 0.1) is 5.56 Å². The Morgan fingerprint density at radius 3 is 2.80 bits per heavy atom. The number of hydrogen-bond acceptors (Lipinski definition) is 2. The molecule has 4 heteroatoms. The summed E-state index contributed by atoms with van der Waals surface area (Å²) >= 11 is 3.24. The Hall–Kier alpha value is -0.900. The van der Waals surface area contributed by atoms with Crippen LogP contribution in [0.2, 0.25) is 0 Å². The molecule has 1 aromatic rings. The van der Waals surface area contributed by atoms with Gasteiger partial charge < -0.3 is 4.74 Å². The summed E-state index contributed by atoms with van der Waals surface area (Å²) in [5, 5.41) is 0. The standard InChI is InChI=1S/C11H10BrFO2/c1-11(2)10(13)9(14)7-5-6(12)3-4-8(7)15-11/h3-5,10H,1-2H3. The van der Waals surface area contributed by atoms with Gasteiger partial charge in [0.1, 0.15) is 11.4 Å². The first-order chi connectivity index (χ1) is 6.92. The van der Waals surface area contributed by atoms with Crippen molar-refractivity contribution in [1.82, 2.24) is 0 Å². The molecular weight excluding hydrogens is 263 g/mol. The van der Waals surface area contributed by atoms with Crippen molar-refractivity contribution in [3.05, 3.63) is 28.2 Å². The number of carbonyl (C=O) groups is 1. The summed E-state index contributed by atoms with van der Waals surface area (Å²) in [5.41, 5.74) is -0.783. The number of carbonyl (C=O) groups excluding carboxylic acids is 1. The fourth-order valence-corrected chi connectivity index (χ4v) is 1.93. The van der Waals surface area contributed by atoms with Crippen molar-refractivity contribution in [2.24, 2.45) is 0 Å². The monoisotopic (exact) mass is 272 g/mol. The van der Waals surface area contributed by atoms with E-state index >= 15 is 0 Å². The zero-order chi connectivity index (χ0) is 11.2. The highest BCUT2D eigenvalue weighted by molar-refractivity contribution is 9.10. The minimum atomic E-state index is -1.61. The molecule has 0 radical (unpaired) electrons. The number of ketones is 1.